The van der Waals surface area contributed by atoms with Crippen molar-refractivity contribution in [3.05, 3.63) is 46.6 Å². The normalized spacial score (nSPS) is 15.7. The average molecular weight is 332 g/mol. The molecule has 122 valence electrons. The maximum atomic E-state index is 5.91. The van der Waals surface area contributed by atoms with Crippen LogP contribution in [-0.2, 0) is 6.54 Å². The monoisotopic (exact) mass is 331 g/mol. The van der Waals surface area contributed by atoms with Gasteiger partial charge in [-0.3, -0.25) is 0 Å². The Bertz CT molecular complexity index is 651. The molecule has 6 heteroatoms. The van der Waals surface area contributed by atoms with Gasteiger partial charge >= 0.3 is 0 Å². The lowest BCUT2D eigenvalue weighted by atomic mass is 10.2. The van der Waals surface area contributed by atoms with Gasteiger partial charge in [0.1, 0.15) is 5.82 Å². The zero-order valence-corrected chi connectivity index (χ0v) is 14.3. The van der Waals surface area contributed by atoms with Gasteiger partial charge < -0.3 is 15.1 Å². The first-order chi connectivity index (χ1) is 11.1. The minimum atomic E-state index is 0.675. The summed E-state index contributed by atoms with van der Waals surface area (Å²) < 4.78 is 0. The van der Waals surface area contributed by atoms with Crippen molar-refractivity contribution in [1.29, 1.82) is 0 Å². The Kier molecular flexibility index (Phi) is 4.98. The van der Waals surface area contributed by atoms with E-state index < -0.39 is 0 Å². The number of likely N-dealkylation sites (N-methyl/N-ethyl adjacent to an activating group) is 1. The molecule has 0 amide bonds. The predicted octanol–water partition coefficient (Wildman–Crippen LogP) is 2.80. The van der Waals surface area contributed by atoms with E-state index in [-0.39, 0.29) is 0 Å². The van der Waals surface area contributed by atoms with Gasteiger partial charge in [-0.1, -0.05) is 23.7 Å². The molecule has 1 aliphatic rings. The highest BCUT2D eigenvalue weighted by Gasteiger charge is 2.16. The van der Waals surface area contributed by atoms with Gasteiger partial charge in [-0.05, 0) is 31.7 Å². The van der Waals surface area contributed by atoms with Crippen molar-refractivity contribution in [2.45, 2.75) is 13.5 Å². The highest BCUT2D eigenvalue weighted by atomic mass is 35.5. The molecule has 1 fully saturated rings. The Morgan fingerprint density at radius 1 is 1.09 bits per heavy atom. The molecule has 23 heavy (non-hydrogen) atoms. The van der Waals surface area contributed by atoms with Gasteiger partial charge in [-0.25, -0.2) is 4.98 Å². The lowest BCUT2D eigenvalue weighted by Crippen LogP contribution is -2.44. The summed E-state index contributed by atoms with van der Waals surface area (Å²) in [7, 11) is 2.15. The molecule has 3 rings (SSSR count). The maximum absolute atomic E-state index is 5.91. The fourth-order valence-electron chi connectivity index (χ4n) is 2.61. The number of aryl methyl sites for hydroxylation is 1. The van der Waals surface area contributed by atoms with Crippen molar-refractivity contribution < 1.29 is 0 Å². The third-order valence-electron chi connectivity index (χ3n) is 4.03. The molecule has 2 heterocycles. The fourth-order valence-corrected chi connectivity index (χ4v) is 2.74. The summed E-state index contributed by atoms with van der Waals surface area (Å²) in [5, 5.41) is 4.06. The zero-order chi connectivity index (χ0) is 16.2. The lowest BCUT2D eigenvalue weighted by Gasteiger charge is -2.33. The number of rotatable bonds is 4. The molecule has 0 radical (unpaired) electrons. The number of benzene rings is 1. The summed E-state index contributed by atoms with van der Waals surface area (Å²) in [6.07, 6.45) is 0. The van der Waals surface area contributed by atoms with Gasteiger partial charge in [-0.2, -0.15) is 4.98 Å². The number of hydrogen-bond donors (Lipinski definition) is 1. The minimum absolute atomic E-state index is 0.675. The second-order valence-corrected chi connectivity index (χ2v) is 6.40. The highest BCUT2D eigenvalue weighted by Crippen LogP contribution is 2.17. The van der Waals surface area contributed by atoms with Crippen LogP contribution in [-0.4, -0.2) is 48.1 Å². The molecular formula is C17H22ClN5. The Hall–Kier alpha value is -1.85. The molecule has 0 spiro atoms. The van der Waals surface area contributed by atoms with Crippen molar-refractivity contribution in [2.24, 2.45) is 0 Å². The SMILES string of the molecule is Cc1cc(N2CCN(C)CC2)nc(NCc2ccc(Cl)cc2)n1. The van der Waals surface area contributed by atoms with Crippen LogP contribution in [0.5, 0.6) is 0 Å². The van der Waals surface area contributed by atoms with Gasteiger partial charge in [-0.15, -0.1) is 0 Å². The van der Waals surface area contributed by atoms with Crippen LogP contribution in [0.1, 0.15) is 11.3 Å². The molecule has 1 aromatic carbocycles. The molecule has 0 aliphatic carbocycles. The first-order valence-electron chi connectivity index (χ1n) is 7.87. The van der Waals surface area contributed by atoms with Crippen molar-refractivity contribution in [1.82, 2.24) is 14.9 Å². The van der Waals surface area contributed by atoms with Gasteiger partial charge in [0.15, 0.2) is 0 Å². The summed E-state index contributed by atoms with van der Waals surface area (Å²) in [4.78, 5) is 13.8. The van der Waals surface area contributed by atoms with Crippen molar-refractivity contribution >= 4 is 23.4 Å². The van der Waals surface area contributed by atoms with Gasteiger partial charge in [0, 0.05) is 49.5 Å². The molecule has 0 bridgehead atoms. The molecule has 1 aliphatic heterocycles. The van der Waals surface area contributed by atoms with Crippen molar-refractivity contribution in [2.75, 3.05) is 43.4 Å². The second kappa shape index (κ2) is 7.15. The summed E-state index contributed by atoms with van der Waals surface area (Å²) in [5.41, 5.74) is 2.13. The van der Waals surface area contributed by atoms with E-state index in [4.69, 9.17) is 11.6 Å². The first kappa shape index (κ1) is 16.0. The number of anilines is 2. The average Bonchev–Trinajstić information content (AvgIpc) is 2.54. The van der Waals surface area contributed by atoms with E-state index in [0.717, 1.165) is 48.3 Å². The zero-order valence-electron chi connectivity index (χ0n) is 13.6. The van der Waals surface area contributed by atoms with Crippen LogP contribution in [0.2, 0.25) is 5.02 Å². The second-order valence-electron chi connectivity index (χ2n) is 5.96. The standard InChI is InChI=1S/C17H22ClN5/c1-13-11-16(23-9-7-22(2)8-10-23)21-17(20-13)19-12-14-3-5-15(18)6-4-14/h3-6,11H,7-10,12H2,1-2H3,(H,19,20,21). The number of halogens is 1. The molecule has 0 saturated carbocycles. The minimum Gasteiger partial charge on any atom is -0.354 e. The number of aromatic nitrogens is 2. The Morgan fingerprint density at radius 3 is 2.48 bits per heavy atom. The number of hydrogen-bond acceptors (Lipinski definition) is 5. The Morgan fingerprint density at radius 2 is 1.78 bits per heavy atom. The smallest absolute Gasteiger partial charge is 0.225 e. The largest absolute Gasteiger partial charge is 0.354 e. The third-order valence-corrected chi connectivity index (χ3v) is 4.28. The molecule has 5 nitrogen and oxygen atoms in total. The molecule has 0 atom stereocenters. The van der Waals surface area contributed by atoms with E-state index in [9.17, 15) is 0 Å². The van der Waals surface area contributed by atoms with Crippen LogP contribution >= 0.6 is 11.6 Å². The van der Waals surface area contributed by atoms with E-state index in [0.29, 0.717) is 12.5 Å². The van der Waals surface area contributed by atoms with Crippen LogP contribution in [0.3, 0.4) is 0 Å². The van der Waals surface area contributed by atoms with E-state index in [1.54, 1.807) is 0 Å². The third kappa shape index (κ3) is 4.33. The molecule has 2 aromatic rings. The Labute approximate surface area is 142 Å². The van der Waals surface area contributed by atoms with E-state index in [1.807, 2.05) is 31.2 Å². The lowest BCUT2D eigenvalue weighted by molar-refractivity contribution is 0.312. The number of nitrogens with zero attached hydrogens (tertiary/aromatic N) is 4. The van der Waals surface area contributed by atoms with Crippen LogP contribution in [0, 0.1) is 6.92 Å². The van der Waals surface area contributed by atoms with Crippen LogP contribution in [0.15, 0.2) is 30.3 Å². The first-order valence-corrected chi connectivity index (χ1v) is 8.25. The van der Waals surface area contributed by atoms with Crippen molar-refractivity contribution in [3.8, 4) is 0 Å². The van der Waals surface area contributed by atoms with E-state index in [1.165, 1.54) is 0 Å². The summed E-state index contributed by atoms with van der Waals surface area (Å²) in [5.74, 6) is 1.68. The molecular weight excluding hydrogens is 310 g/mol. The van der Waals surface area contributed by atoms with Crippen molar-refractivity contribution in [3.63, 3.8) is 0 Å². The molecule has 0 unspecified atom stereocenters. The van der Waals surface area contributed by atoms with Gasteiger partial charge in [0.05, 0.1) is 0 Å². The number of nitrogens with one attached hydrogen (secondary N) is 1. The fraction of sp³-hybridized carbons (Fsp3) is 0.412. The quantitative estimate of drug-likeness (QED) is 0.933. The van der Waals surface area contributed by atoms with Gasteiger partial charge in [0.2, 0.25) is 5.95 Å². The highest BCUT2D eigenvalue weighted by molar-refractivity contribution is 6.30. The molecule has 1 saturated heterocycles. The number of piperazine rings is 1. The maximum Gasteiger partial charge on any atom is 0.225 e. The molecule has 1 N–H and O–H groups in total. The Balaban J connectivity index is 1.68. The van der Waals surface area contributed by atoms with Crippen LogP contribution in [0.25, 0.3) is 0 Å². The van der Waals surface area contributed by atoms with E-state index >= 15 is 0 Å². The molecule has 1 aromatic heterocycles. The van der Waals surface area contributed by atoms with Gasteiger partial charge in [0.25, 0.3) is 0 Å². The topological polar surface area (TPSA) is 44.3 Å². The summed E-state index contributed by atoms with van der Waals surface area (Å²) >= 11 is 5.91. The van der Waals surface area contributed by atoms with E-state index in [2.05, 4.69) is 38.2 Å². The van der Waals surface area contributed by atoms with Crippen LogP contribution < -0.4 is 10.2 Å². The summed E-state index contributed by atoms with van der Waals surface area (Å²) in [6.45, 7) is 6.83. The van der Waals surface area contributed by atoms with Crippen LogP contribution in [0.4, 0.5) is 11.8 Å². The predicted molar refractivity (Wildman–Crippen MR) is 95.3 cm³/mol. The summed E-state index contributed by atoms with van der Waals surface area (Å²) in [6, 6.07) is 9.86.